The van der Waals surface area contributed by atoms with Crippen LogP contribution in [0.5, 0.6) is 0 Å². The second kappa shape index (κ2) is 4.01. The molecule has 5 heteroatoms. The maximum absolute atomic E-state index is 13.6. The molecule has 0 spiro atoms. The van der Waals surface area contributed by atoms with E-state index in [9.17, 15) is 13.6 Å². The molecule has 0 aliphatic rings. The Hall–Kier alpha value is -2.17. The van der Waals surface area contributed by atoms with Crippen molar-refractivity contribution in [3.05, 3.63) is 57.9 Å². The number of hydrogen-bond acceptors (Lipinski definition) is 2. The van der Waals surface area contributed by atoms with E-state index >= 15 is 0 Å². The number of anilines is 1. The fourth-order valence-electron chi connectivity index (χ4n) is 1.58. The number of aryl methyl sites for hydroxylation is 1. The van der Waals surface area contributed by atoms with E-state index in [0.29, 0.717) is 5.56 Å². The van der Waals surface area contributed by atoms with Gasteiger partial charge in [0, 0.05) is 6.07 Å². The number of benzene rings is 1. The number of aromatic nitrogens is 1. The van der Waals surface area contributed by atoms with Crippen LogP contribution in [0.25, 0.3) is 5.69 Å². The van der Waals surface area contributed by atoms with Gasteiger partial charge in [-0.2, -0.15) is 0 Å². The number of rotatable bonds is 1. The van der Waals surface area contributed by atoms with Crippen LogP contribution < -0.4 is 11.3 Å². The Balaban J connectivity index is 2.87. The number of nitrogens with zero attached hydrogens (tertiary/aromatic N) is 1. The number of halogens is 2. The number of pyridine rings is 1. The van der Waals surface area contributed by atoms with Crippen molar-refractivity contribution in [1.29, 1.82) is 0 Å². The maximum Gasteiger partial charge on any atom is 0.256 e. The zero-order chi connectivity index (χ0) is 12.6. The van der Waals surface area contributed by atoms with Gasteiger partial charge in [-0.3, -0.25) is 9.36 Å². The van der Waals surface area contributed by atoms with Crippen LogP contribution in [-0.4, -0.2) is 4.57 Å². The predicted molar refractivity (Wildman–Crippen MR) is 61.1 cm³/mol. The van der Waals surface area contributed by atoms with E-state index in [0.717, 1.165) is 16.7 Å². The average Bonchev–Trinajstić information content (AvgIpc) is 2.28. The third kappa shape index (κ3) is 1.80. The number of para-hydroxylation sites is 1. The summed E-state index contributed by atoms with van der Waals surface area (Å²) in [5.74, 6) is -1.63. The number of hydrogen-bond donors (Lipinski definition) is 1. The van der Waals surface area contributed by atoms with Crippen LogP contribution in [0.3, 0.4) is 0 Å². The molecule has 1 aromatic heterocycles. The molecule has 0 bridgehead atoms. The molecule has 2 N–H and O–H groups in total. The molecule has 88 valence electrons. The van der Waals surface area contributed by atoms with Gasteiger partial charge in [0.05, 0.1) is 0 Å². The Labute approximate surface area is 96.1 Å². The monoisotopic (exact) mass is 236 g/mol. The second-order valence-corrected chi connectivity index (χ2v) is 3.65. The molecule has 0 aliphatic heterocycles. The zero-order valence-corrected chi connectivity index (χ0v) is 9.08. The SMILES string of the molecule is Cc1ccc(=O)n(-c2c(F)cccc2F)c1N. The van der Waals surface area contributed by atoms with E-state index in [2.05, 4.69) is 0 Å². The first-order chi connectivity index (χ1) is 8.02. The van der Waals surface area contributed by atoms with Crippen molar-refractivity contribution in [3.8, 4) is 5.69 Å². The van der Waals surface area contributed by atoms with Crippen LogP contribution in [0.2, 0.25) is 0 Å². The highest BCUT2D eigenvalue weighted by Gasteiger charge is 2.15. The van der Waals surface area contributed by atoms with E-state index in [4.69, 9.17) is 5.73 Å². The van der Waals surface area contributed by atoms with E-state index in [1.165, 1.54) is 18.2 Å². The Bertz CT molecular complexity index is 615. The molecule has 3 nitrogen and oxygen atoms in total. The molecular formula is C12H10F2N2O. The van der Waals surface area contributed by atoms with Crippen LogP contribution in [-0.2, 0) is 0 Å². The lowest BCUT2D eigenvalue weighted by molar-refractivity contribution is 0.567. The molecule has 1 heterocycles. The van der Waals surface area contributed by atoms with Gasteiger partial charge in [0.25, 0.3) is 5.56 Å². The van der Waals surface area contributed by atoms with E-state index in [1.807, 2.05) is 0 Å². The lowest BCUT2D eigenvalue weighted by Gasteiger charge is -2.12. The first kappa shape index (κ1) is 11.3. The summed E-state index contributed by atoms with van der Waals surface area (Å²) in [5.41, 5.74) is 5.24. The molecule has 2 aromatic rings. The molecule has 0 amide bonds. The van der Waals surface area contributed by atoms with Gasteiger partial charge in [-0.25, -0.2) is 8.78 Å². The third-order valence-electron chi connectivity index (χ3n) is 2.50. The standard InChI is InChI=1S/C12H10F2N2O/c1-7-5-6-10(17)16(12(7)15)11-8(13)3-2-4-9(11)14/h2-6H,15H2,1H3. The fourth-order valence-corrected chi connectivity index (χ4v) is 1.58. The van der Waals surface area contributed by atoms with Crippen molar-refractivity contribution in [2.45, 2.75) is 6.92 Å². The minimum absolute atomic E-state index is 0.0292. The van der Waals surface area contributed by atoms with Crippen LogP contribution in [0.15, 0.2) is 35.1 Å². The van der Waals surface area contributed by atoms with Gasteiger partial charge in [0.2, 0.25) is 0 Å². The first-order valence-electron chi connectivity index (χ1n) is 4.95. The molecular weight excluding hydrogens is 226 g/mol. The largest absolute Gasteiger partial charge is 0.385 e. The molecule has 0 unspecified atom stereocenters. The summed E-state index contributed by atoms with van der Waals surface area (Å²) in [6, 6.07) is 6.11. The summed E-state index contributed by atoms with van der Waals surface area (Å²) in [6.07, 6.45) is 0. The Morgan fingerprint density at radius 1 is 1.12 bits per heavy atom. The zero-order valence-electron chi connectivity index (χ0n) is 9.08. The summed E-state index contributed by atoms with van der Waals surface area (Å²) in [4.78, 5) is 11.6. The molecule has 0 fully saturated rings. The topological polar surface area (TPSA) is 48.0 Å². The lowest BCUT2D eigenvalue weighted by Crippen LogP contribution is -2.23. The normalized spacial score (nSPS) is 10.5. The fraction of sp³-hybridized carbons (Fsp3) is 0.0833. The van der Waals surface area contributed by atoms with Crippen molar-refractivity contribution < 1.29 is 8.78 Å². The van der Waals surface area contributed by atoms with Crippen molar-refractivity contribution in [2.75, 3.05) is 5.73 Å². The molecule has 0 saturated carbocycles. The highest BCUT2D eigenvalue weighted by molar-refractivity contribution is 5.48. The molecule has 0 saturated heterocycles. The summed E-state index contributed by atoms with van der Waals surface area (Å²) in [5, 5.41) is 0. The summed E-state index contributed by atoms with van der Waals surface area (Å²) in [7, 11) is 0. The average molecular weight is 236 g/mol. The molecule has 17 heavy (non-hydrogen) atoms. The van der Waals surface area contributed by atoms with E-state index in [-0.39, 0.29) is 5.82 Å². The third-order valence-corrected chi connectivity index (χ3v) is 2.50. The number of nitrogens with two attached hydrogens (primary N) is 1. The minimum Gasteiger partial charge on any atom is -0.385 e. The van der Waals surface area contributed by atoms with Gasteiger partial charge in [0.1, 0.15) is 23.1 Å². The van der Waals surface area contributed by atoms with Gasteiger partial charge < -0.3 is 5.73 Å². The van der Waals surface area contributed by atoms with Crippen LogP contribution in [0, 0.1) is 18.6 Å². The van der Waals surface area contributed by atoms with Gasteiger partial charge in [0.15, 0.2) is 0 Å². The van der Waals surface area contributed by atoms with Crippen LogP contribution in [0.1, 0.15) is 5.56 Å². The van der Waals surface area contributed by atoms with Crippen molar-refractivity contribution in [2.24, 2.45) is 0 Å². The highest BCUT2D eigenvalue weighted by atomic mass is 19.1. The lowest BCUT2D eigenvalue weighted by atomic mass is 10.2. The quantitative estimate of drug-likeness (QED) is 0.823. The second-order valence-electron chi connectivity index (χ2n) is 3.65. The maximum atomic E-state index is 13.6. The molecule has 0 radical (unpaired) electrons. The van der Waals surface area contributed by atoms with Gasteiger partial charge in [-0.1, -0.05) is 12.1 Å². The van der Waals surface area contributed by atoms with Crippen LogP contribution >= 0.6 is 0 Å². The summed E-state index contributed by atoms with van der Waals surface area (Å²) >= 11 is 0. The highest BCUT2D eigenvalue weighted by Crippen LogP contribution is 2.20. The molecule has 0 aliphatic carbocycles. The van der Waals surface area contributed by atoms with E-state index < -0.39 is 22.9 Å². The smallest absolute Gasteiger partial charge is 0.256 e. The minimum atomic E-state index is -0.829. The van der Waals surface area contributed by atoms with Crippen LogP contribution in [0.4, 0.5) is 14.6 Å². The Morgan fingerprint density at radius 2 is 1.71 bits per heavy atom. The Morgan fingerprint density at radius 3 is 2.29 bits per heavy atom. The van der Waals surface area contributed by atoms with Gasteiger partial charge in [-0.15, -0.1) is 0 Å². The van der Waals surface area contributed by atoms with Gasteiger partial charge in [-0.05, 0) is 24.6 Å². The molecule has 0 atom stereocenters. The van der Waals surface area contributed by atoms with Gasteiger partial charge >= 0.3 is 0 Å². The molecule has 2 rings (SSSR count). The van der Waals surface area contributed by atoms with Crippen molar-refractivity contribution >= 4 is 5.82 Å². The summed E-state index contributed by atoms with van der Waals surface area (Å²) < 4.78 is 28.0. The summed E-state index contributed by atoms with van der Waals surface area (Å²) in [6.45, 7) is 1.66. The molecule has 1 aromatic carbocycles. The van der Waals surface area contributed by atoms with Crippen molar-refractivity contribution in [1.82, 2.24) is 4.57 Å². The van der Waals surface area contributed by atoms with Crippen molar-refractivity contribution in [3.63, 3.8) is 0 Å². The predicted octanol–water partition coefficient (Wildman–Crippen LogP) is 2.01. The Kier molecular flexibility index (Phi) is 2.67. The first-order valence-corrected chi connectivity index (χ1v) is 4.95. The van der Waals surface area contributed by atoms with E-state index in [1.54, 1.807) is 6.92 Å². The number of nitrogen functional groups attached to an aromatic ring is 1.